The summed E-state index contributed by atoms with van der Waals surface area (Å²) >= 11 is 1.54. The number of thiazole rings is 1. The van der Waals surface area contributed by atoms with Gasteiger partial charge >= 0.3 is 0 Å². The lowest BCUT2D eigenvalue weighted by Gasteiger charge is -2.19. The first-order valence-corrected chi connectivity index (χ1v) is 8.12. The quantitative estimate of drug-likeness (QED) is 0.915. The average molecular weight is 302 g/mol. The smallest absolute Gasteiger partial charge is 0.220 e. The molecule has 0 saturated heterocycles. The van der Waals surface area contributed by atoms with Crippen molar-refractivity contribution in [2.24, 2.45) is 0 Å². The van der Waals surface area contributed by atoms with Crippen LogP contribution >= 0.6 is 11.3 Å². The molecule has 112 valence electrons. The number of carbonyl (C=O) groups excluding carboxylic acids is 1. The first-order valence-electron chi connectivity index (χ1n) is 7.18. The van der Waals surface area contributed by atoms with Crippen molar-refractivity contribution < 1.29 is 4.79 Å². The molecule has 1 heterocycles. The van der Waals surface area contributed by atoms with Crippen LogP contribution in [0, 0.1) is 0 Å². The number of aromatic nitrogens is 1. The Balaban J connectivity index is 1.78. The number of amides is 1. The van der Waals surface area contributed by atoms with Gasteiger partial charge in [0, 0.05) is 11.8 Å². The SMILES string of the molecule is CC(C)(C)c1ccc(CCC(=O)NCc2cscn2)cc1. The Bertz CT molecular complexity index is 568. The Labute approximate surface area is 130 Å². The first-order chi connectivity index (χ1) is 9.95. The van der Waals surface area contributed by atoms with Gasteiger partial charge in [-0.2, -0.15) is 0 Å². The van der Waals surface area contributed by atoms with E-state index in [0.29, 0.717) is 13.0 Å². The second kappa shape index (κ2) is 6.85. The molecule has 1 aromatic heterocycles. The van der Waals surface area contributed by atoms with Gasteiger partial charge in [0.15, 0.2) is 0 Å². The van der Waals surface area contributed by atoms with Gasteiger partial charge in [0.2, 0.25) is 5.91 Å². The number of carbonyl (C=O) groups is 1. The van der Waals surface area contributed by atoms with E-state index in [2.05, 4.69) is 55.3 Å². The molecule has 2 aromatic rings. The third kappa shape index (κ3) is 4.97. The molecular formula is C17H22N2OS. The maximum atomic E-state index is 11.8. The zero-order valence-electron chi connectivity index (χ0n) is 12.8. The minimum atomic E-state index is 0.0721. The second-order valence-corrected chi connectivity index (χ2v) is 6.92. The molecule has 0 aliphatic heterocycles. The predicted octanol–water partition coefficient (Wildman–Crippen LogP) is 3.69. The Kier molecular flexibility index (Phi) is 5.12. The lowest BCUT2D eigenvalue weighted by atomic mass is 9.86. The van der Waals surface area contributed by atoms with Gasteiger partial charge in [0.05, 0.1) is 17.7 Å². The van der Waals surface area contributed by atoms with Gasteiger partial charge in [-0.3, -0.25) is 4.79 Å². The third-order valence-corrected chi connectivity index (χ3v) is 4.05. The summed E-state index contributed by atoms with van der Waals surface area (Å²) in [6.07, 6.45) is 1.28. The van der Waals surface area contributed by atoms with Gasteiger partial charge < -0.3 is 5.32 Å². The summed E-state index contributed by atoms with van der Waals surface area (Å²) in [6, 6.07) is 8.55. The molecule has 1 N–H and O–H groups in total. The van der Waals surface area contributed by atoms with Crippen LogP contribution in [0.2, 0.25) is 0 Å². The molecule has 2 rings (SSSR count). The van der Waals surface area contributed by atoms with Crippen molar-refractivity contribution in [1.82, 2.24) is 10.3 Å². The number of hydrogen-bond donors (Lipinski definition) is 1. The van der Waals surface area contributed by atoms with Gasteiger partial charge in [0.25, 0.3) is 0 Å². The highest BCUT2D eigenvalue weighted by molar-refractivity contribution is 7.07. The fraction of sp³-hybridized carbons (Fsp3) is 0.412. The molecule has 0 saturated carbocycles. The van der Waals surface area contributed by atoms with E-state index in [1.807, 2.05) is 5.38 Å². The van der Waals surface area contributed by atoms with E-state index < -0.39 is 0 Å². The topological polar surface area (TPSA) is 42.0 Å². The van der Waals surface area contributed by atoms with Crippen molar-refractivity contribution in [3.63, 3.8) is 0 Å². The van der Waals surface area contributed by atoms with Crippen LogP contribution < -0.4 is 5.32 Å². The molecule has 0 radical (unpaired) electrons. The van der Waals surface area contributed by atoms with Gasteiger partial charge in [-0.15, -0.1) is 11.3 Å². The van der Waals surface area contributed by atoms with Crippen molar-refractivity contribution in [2.75, 3.05) is 0 Å². The van der Waals surface area contributed by atoms with Crippen LogP contribution in [-0.2, 0) is 23.2 Å². The van der Waals surface area contributed by atoms with Crippen molar-refractivity contribution in [3.05, 3.63) is 52.0 Å². The summed E-state index contributed by atoms with van der Waals surface area (Å²) in [6.45, 7) is 7.13. The molecular weight excluding hydrogens is 280 g/mol. The van der Waals surface area contributed by atoms with E-state index >= 15 is 0 Å². The summed E-state index contributed by atoms with van der Waals surface area (Å²) in [4.78, 5) is 15.9. The highest BCUT2D eigenvalue weighted by atomic mass is 32.1. The van der Waals surface area contributed by atoms with Crippen LogP contribution in [0.25, 0.3) is 0 Å². The molecule has 0 fully saturated rings. The van der Waals surface area contributed by atoms with Crippen molar-refractivity contribution in [2.45, 2.75) is 45.6 Å². The van der Waals surface area contributed by atoms with Gasteiger partial charge in [-0.05, 0) is 23.0 Å². The van der Waals surface area contributed by atoms with Crippen molar-refractivity contribution >= 4 is 17.2 Å². The monoisotopic (exact) mass is 302 g/mol. The number of rotatable bonds is 5. The maximum Gasteiger partial charge on any atom is 0.220 e. The first kappa shape index (κ1) is 15.7. The Hall–Kier alpha value is -1.68. The summed E-state index contributed by atoms with van der Waals surface area (Å²) in [5.41, 5.74) is 5.38. The third-order valence-electron chi connectivity index (χ3n) is 3.41. The van der Waals surface area contributed by atoms with Gasteiger partial charge in [0.1, 0.15) is 0 Å². The number of nitrogens with zero attached hydrogens (tertiary/aromatic N) is 1. The number of hydrogen-bond acceptors (Lipinski definition) is 3. The summed E-state index contributed by atoms with van der Waals surface area (Å²) in [5, 5.41) is 4.85. The molecule has 0 bridgehead atoms. The standard InChI is InChI=1S/C17H22N2OS/c1-17(2,3)14-7-4-13(5-8-14)6-9-16(20)18-10-15-11-21-12-19-15/h4-5,7-8,11-12H,6,9-10H2,1-3H3,(H,18,20). The number of benzene rings is 1. The average Bonchev–Trinajstić information content (AvgIpc) is 2.95. The number of nitrogens with one attached hydrogen (secondary N) is 1. The van der Waals surface area contributed by atoms with Crippen LogP contribution in [0.5, 0.6) is 0 Å². The van der Waals surface area contributed by atoms with Gasteiger partial charge in [-0.25, -0.2) is 4.98 Å². The van der Waals surface area contributed by atoms with E-state index in [1.165, 1.54) is 11.1 Å². The van der Waals surface area contributed by atoms with E-state index in [1.54, 1.807) is 16.8 Å². The maximum absolute atomic E-state index is 11.8. The lowest BCUT2D eigenvalue weighted by Crippen LogP contribution is -2.23. The molecule has 0 spiro atoms. The minimum Gasteiger partial charge on any atom is -0.350 e. The van der Waals surface area contributed by atoms with Crippen LogP contribution in [0.4, 0.5) is 0 Å². The van der Waals surface area contributed by atoms with Crippen LogP contribution in [0.15, 0.2) is 35.2 Å². The zero-order valence-corrected chi connectivity index (χ0v) is 13.7. The van der Waals surface area contributed by atoms with Crippen LogP contribution in [-0.4, -0.2) is 10.9 Å². The Morgan fingerprint density at radius 1 is 1.24 bits per heavy atom. The molecule has 0 unspecified atom stereocenters. The normalized spacial score (nSPS) is 11.4. The Morgan fingerprint density at radius 2 is 1.95 bits per heavy atom. The zero-order chi connectivity index (χ0) is 15.3. The summed E-state index contributed by atoms with van der Waals surface area (Å²) < 4.78 is 0. The highest BCUT2D eigenvalue weighted by Gasteiger charge is 2.12. The summed E-state index contributed by atoms with van der Waals surface area (Å²) in [5.74, 6) is 0.0721. The highest BCUT2D eigenvalue weighted by Crippen LogP contribution is 2.22. The minimum absolute atomic E-state index is 0.0721. The molecule has 1 amide bonds. The fourth-order valence-corrected chi connectivity index (χ4v) is 2.59. The van der Waals surface area contributed by atoms with E-state index in [4.69, 9.17) is 0 Å². The van der Waals surface area contributed by atoms with E-state index in [9.17, 15) is 4.79 Å². The Morgan fingerprint density at radius 3 is 2.52 bits per heavy atom. The van der Waals surface area contributed by atoms with E-state index in [0.717, 1.165) is 12.1 Å². The molecule has 1 aromatic carbocycles. The van der Waals surface area contributed by atoms with Crippen LogP contribution in [0.1, 0.15) is 44.0 Å². The molecule has 21 heavy (non-hydrogen) atoms. The molecule has 0 atom stereocenters. The molecule has 3 nitrogen and oxygen atoms in total. The predicted molar refractivity (Wildman–Crippen MR) is 87.4 cm³/mol. The second-order valence-electron chi connectivity index (χ2n) is 6.20. The molecule has 0 aliphatic carbocycles. The molecule has 0 aliphatic rings. The van der Waals surface area contributed by atoms with Crippen LogP contribution in [0.3, 0.4) is 0 Å². The fourth-order valence-electron chi connectivity index (χ4n) is 2.03. The lowest BCUT2D eigenvalue weighted by molar-refractivity contribution is -0.121. The number of aryl methyl sites for hydroxylation is 1. The van der Waals surface area contributed by atoms with Crippen molar-refractivity contribution in [1.29, 1.82) is 0 Å². The molecule has 4 heteroatoms. The summed E-state index contributed by atoms with van der Waals surface area (Å²) in [7, 11) is 0. The van der Waals surface area contributed by atoms with Gasteiger partial charge in [-0.1, -0.05) is 45.0 Å². The van der Waals surface area contributed by atoms with Crippen molar-refractivity contribution in [3.8, 4) is 0 Å². The largest absolute Gasteiger partial charge is 0.350 e. The van der Waals surface area contributed by atoms with E-state index in [-0.39, 0.29) is 11.3 Å².